The van der Waals surface area contributed by atoms with Gasteiger partial charge in [0.05, 0.1) is 17.1 Å². The van der Waals surface area contributed by atoms with Gasteiger partial charge in [-0.2, -0.15) is 4.31 Å². The van der Waals surface area contributed by atoms with Crippen LogP contribution in [0.25, 0.3) is 0 Å². The number of benzene rings is 1. The molecule has 0 radical (unpaired) electrons. The van der Waals surface area contributed by atoms with Gasteiger partial charge in [0.1, 0.15) is 4.99 Å². The zero-order valence-electron chi connectivity index (χ0n) is 11.4. The van der Waals surface area contributed by atoms with Crippen LogP contribution < -0.4 is 5.73 Å². The van der Waals surface area contributed by atoms with Crippen LogP contribution in [0.4, 0.5) is 0 Å². The van der Waals surface area contributed by atoms with Gasteiger partial charge >= 0.3 is 0 Å². The Balaban J connectivity index is 2.22. The monoisotopic (exact) mass is 321 g/mol. The second-order valence-electron chi connectivity index (χ2n) is 4.47. The molecule has 0 amide bonds. The number of thiocarbonyl (C=S) groups is 1. The van der Waals surface area contributed by atoms with Crippen molar-refractivity contribution in [2.45, 2.75) is 11.4 Å². The van der Waals surface area contributed by atoms with E-state index >= 15 is 0 Å². The number of sulfonamides is 1. The lowest BCUT2D eigenvalue weighted by molar-refractivity contribution is 0.462. The molecule has 0 bridgehead atoms. The molecule has 2 rings (SSSR count). The molecule has 2 N–H and O–H groups in total. The first kappa shape index (κ1) is 15.6. The van der Waals surface area contributed by atoms with Crippen LogP contribution in [0, 0.1) is 0 Å². The van der Waals surface area contributed by atoms with E-state index in [2.05, 4.69) is 4.98 Å². The van der Waals surface area contributed by atoms with E-state index in [0.717, 1.165) is 0 Å². The summed E-state index contributed by atoms with van der Waals surface area (Å²) in [5, 5.41) is 0. The van der Waals surface area contributed by atoms with Gasteiger partial charge in [-0.25, -0.2) is 8.42 Å². The van der Waals surface area contributed by atoms with E-state index < -0.39 is 10.0 Å². The molecule has 1 aromatic carbocycles. The number of rotatable bonds is 5. The lowest BCUT2D eigenvalue weighted by Crippen LogP contribution is -2.27. The first-order valence-corrected chi connectivity index (χ1v) is 8.02. The Kier molecular flexibility index (Phi) is 4.66. The average molecular weight is 321 g/mol. The van der Waals surface area contributed by atoms with Crippen LogP contribution in [0.2, 0.25) is 0 Å². The summed E-state index contributed by atoms with van der Waals surface area (Å²) in [6, 6.07) is 11.6. The third-order valence-electron chi connectivity index (χ3n) is 2.96. The summed E-state index contributed by atoms with van der Waals surface area (Å²) in [5.41, 5.74) is 6.82. The minimum atomic E-state index is -3.57. The standard InChI is InChI=1S/C14H15N3O2S2/c1-17(10-12-4-2-3-9-16-12)21(18,19)13-7-5-11(6-8-13)14(15)20/h2-9H,10H2,1H3,(H2,15,20). The van der Waals surface area contributed by atoms with Crippen molar-refractivity contribution < 1.29 is 8.42 Å². The van der Waals surface area contributed by atoms with Crippen molar-refractivity contribution in [3.63, 3.8) is 0 Å². The molecule has 110 valence electrons. The number of hydrogen-bond donors (Lipinski definition) is 1. The third kappa shape index (κ3) is 3.63. The van der Waals surface area contributed by atoms with Gasteiger partial charge in [0, 0.05) is 18.8 Å². The lowest BCUT2D eigenvalue weighted by atomic mass is 10.2. The van der Waals surface area contributed by atoms with E-state index in [-0.39, 0.29) is 16.4 Å². The second-order valence-corrected chi connectivity index (χ2v) is 6.96. The van der Waals surface area contributed by atoms with E-state index in [9.17, 15) is 8.42 Å². The highest BCUT2D eigenvalue weighted by atomic mass is 32.2. The number of nitrogens with two attached hydrogens (primary N) is 1. The largest absolute Gasteiger partial charge is 0.389 e. The topological polar surface area (TPSA) is 76.3 Å². The Bertz CT molecular complexity index is 729. The van der Waals surface area contributed by atoms with Gasteiger partial charge in [-0.1, -0.05) is 30.4 Å². The Hall–Kier alpha value is -1.83. The van der Waals surface area contributed by atoms with Crippen molar-refractivity contribution in [2.24, 2.45) is 5.73 Å². The minimum Gasteiger partial charge on any atom is -0.389 e. The van der Waals surface area contributed by atoms with Gasteiger partial charge in [-0.3, -0.25) is 4.98 Å². The third-order valence-corrected chi connectivity index (χ3v) is 5.01. The Morgan fingerprint density at radius 1 is 1.24 bits per heavy atom. The summed E-state index contributed by atoms with van der Waals surface area (Å²) in [7, 11) is -2.05. The highest BCUT2D eigenvalue weighted by Gasteiger charge is 2.21. The Morgan fingerprint density at radius 3 is 2.43 bits per heavy atom. The smallest absolute Gasteiger partial charge is 0.243 e. The van der Waals surface area contributed by atoms with E-state index in [4.69, 9.17) is 18.0 Å². The fourth-order valence-electron chi connectivity index (χ4n) is 1.78. The van der Waals surface area contributed by atoms with Gasteiger partial charge in [0.2, 0.25) is 10.0 Å². The van der Waals surface area contributed by atoms with Crippen LogP contribution in [0.15, 0.2) is 53.6 Å². The van der Waals surface area contributed by atoms with Crippen LogP contribution >= 0.6 is 12.2 Å². The van der Waals surface area contributed by atoms with Gasteiger partial charge < -0.3 is 5.73 Å². The number of nitrogens with zero attached hydrogens (tertiary/aromatic N) is 2. The van der Waals surface area contributed by atoms with E-state index in [1.165, 1.54) is 23.5 Å². The van der Waals surface area contributed by atoms with Crippen molar-refractivity contribution in [1.82, 2.24) is 9.29 Å². The zero-order chi connectivity index (χ0) is 15.5. The van der Waals surface area contributed by atoms with Crippen molar-refractivity contribution in [1.29, 1.82) is 0 Å². The van der Waals surface area contributed by atoms with Crippen molar-refractivity contribution in [3.05, 3.63) is 59.9 Å². The molecule has 0 aliphatic heterocycles. The molecule has 0 aliphatic rings. The van der Waals surface area contributed by atoms with E-state index in [1.807, 2.05) is 6.07 Å². The summed E-state index contributed by atoms with van der Waals surface area (Å²) >= 11 is 4.85. The molecule has 0 saturated carbocycles. The fourth-order valence-corrected chi connectivity index (χ4v) is 3.05. The van der Waals surface area contributed by atoms with Crippen LogP contribution in [0.1, 0.15) is 11.3 Å². The van der Waals surface area contributed by atoms with Crippen LogP contribution in [0.3, 0.4) is 0 Å². The van der Waals surface area contributed by atoms with Crippen LogP contribution in [-0.2, 0) is 16.6 Å². The highest BCUT2D eigenvalue weighted by molar-refractivity contribution is 7.89. The maximum absolute atomic E-state index is 12.5. The molecule has 0 spiro atoms. The minimum absolute atomic E-state index is 0.195. The molecule has 21 heavy (non-hydrogen) atoms. The molecule has 0 saturated heterocycles. The van der Waals surface area contributed by atoms with Crippen molar-refractivity contribution in [3.8, 4) is 0 Å². The molecular formula is C14H15N3O2S2. The van der Waals surface area contributed by atoms with Gasteiger partial charge in [0.25, 0.3) is 0 Å². The molecule has 1 aromatic heterocycles. The molecule has 0 atom stereocenters. The first-order chi connectivity index (χ1) is 9.91. The van der Waals surface area contributed by atoms with Gasteiger partial charge in [-0.05, 0) is 24.3 Å². The molecule has 5 nitrogen and oxygen atoms in total. The number of pyridine rings is 1. The number of aromatic nitrogens is 1. The second kappa shape index (κ2) is 6.30. The summed E-state index contributed by atoms with van der Waals surface area (Å²) in [6.45, 7) is 0.209. The van der Waals surface area contributed by atoms with Gasteiger partial charge in [-0.15, -0.1) is 0 Å². The zero-order valence-corrected chi connectivity index (χ0v) is 13.1. The molecule has 1 heterocycles. The van der Waals surface area contributed by atoms with Crippen molar-refractivity contribution in [2.75, 3.05) is 7.05 Å². The normalized spacial score (nSPS) is 11.5. The Labute approximate surface area is 129 Å². The van der Waals surface area contributed by atoms with Crippen LogP contribution in [-0.4, -0.2) is 29.7 Å². The maximum atomic E-state index is 12.5. The summed E-state index contributed by atoms with van der Waals surface area (Å²) < 4.78 is 26.2. The first-order valence-electron chi connectivity index (χ1n) is 6.17. The van der Waals surface area contributed by atoms with Gasteiger partial charge in [0.15, 0.2) is 0 Å². The Morgan fingerprint density at radius 2 is 1.90 bits per heavy atom. The molecule has 0 unspecified atom stereocenters. The highest BCUT2D eigenvalue weighted by Crippen LogP contribution is 2.17. The van der Waals surface area contributed by atoms with Crippen LogP contribution in [0.5, 0.6) is 0 Å². The fraction of sp³-hybridized carbons (Fsp3) is 0.143. The predicted octanol–water partition coefficient (Wildman–Crippen LogP) is 1.54. The maximum Gasteiger partial charge on any atom is 0.243 e. The summed E-state index contributed by atoms with van der Waals surface area (Å²) in [6.07, 6.45) is 1.63. The molecule has 7 heteroatoms. The number of hydrogen-bond acceptors (Lipinski definition) is 4. The predicted molar refractivity (Wildman–Crippen MR) is 85.2 cm³/mol. The quantitative estimate of drug-likeness (QED) is 0.845. The molecular weight excluding hydrogens is 306 g/mol. The van der Waals surface area contributed by atoms with E-state index in [1.54, 1.807) is 30.5 Å². The molecule has 2 aromatic rings. The molecule has 0 fully saturated rings. The lowest BCUT2D eigenvalue weighted by Gasteiger charge is -2.17. The summed E-state index contributed by atoms with van der Waals surface area (Å²) in [5.74, 6) is 0. The molecule has 0 aliphatic carbocycles. The average Bonchev–Trinajstić information content (AvgIpc) is 2.48. The SMILES string of the molecule is CN(Cc1ccccn1)S(=O)(=O)c1ccc(C(N)=S)cc1. The summed E-state index contributed by atoms with van der Waals surface area (Å²) in [4.78, 5) is 4.56. The van der Waals surface area contributed by atoms with E-state index in [0.29, 0.717) is 11.3 Å². The van der Waals surface area contributed by atoms with Crippen molar-refractivity contribution >= 4 is 27.2 Å².